The molecule has 0 radical (unpaired) electrons. The maximum absolute atomic E-state index is 10.7. The quantitative estimate of drug-likeness (QED) is 0.318. The van der Waals surface area contributed by atoms with Crippen LogP contribution in [0.15, 0.2) is 46.6 Å². The van der Waals surface area contributed by atoms with E-state index in [4.69, 9.17) is 18.9 Å². The highest BCUT2D eigenvalue weighted by Crippen LogP contribution is 2.71. The van der Waals surface area contributed by atoms with Crippen LogP contribution in [0.3, 0.4) is 0 Å². The molecule has 6 aliphatic rings. The van der Waals surface area contributed by atoms with E-state index < -0.39 is 23.4 Å². The first-order chi connectivity index (χ1) is 23.9. The Kier molecular flexibility index (Phi) is 6.81. The number of fused-ring (bicyclic) bond motifs is 8. The van der Waals surface area contributed by atoms with Crippen molar-refractivity contribution in [2.75, 3.05) is 0 Å². The summed E-state index contributed by atoms with van der Waals surface area (Å²) in [4.78, 5) is 0. The molecule has 268 valence electrons. The Bertz CT molecular complexity index is 2080. The summed E-state index contributed by atoms with van der Waals surface area (Å²) >= 11 is 0. The minimum atomic E-state index is -0.670. The summed E-state index contributed by atoms with van der Waals surface area (Å²) in [5.41, 5.74) is 6.48. The third-order valence-corrected chi connectivity index (χ3v) is 15.4. The summed E-state index contributed by atoms with van der Waals surface area (Å²) in [7, 11) is 0. The lowest BCUT2D eigenvalue weighted by atomic mass is 9.40. The van der Waals surface area contributed by atoms with E-state index in [1.807, 2.05) is 0 Å². The third-order valence-electron chi connectivity index (χ3n) is 15.4. The zero-order valence-electron chi connectivity index (χ0n) is 32.7. The van der Waals surface area contributed by atoms with Crippen LogP contribution in [0.5, 0.6) is 23.0 Å². The molecule has 1 spiro atoms. The first kappa shape index (κ1) is 34.2. The normalized spacial score (nSPS) is 37.1. The van der Waals surface area contributed by atoms with E-state index in [-0.39, 0.29) is 27.1 Å². The van der Waals surface area contributed by atoms with Crippen LogP contribution in [0.25, 0.3) is 0 Å². The van der Waals surface area contributed by atoms with Crippen molar-refractivity contribution in [2.24, 2.45) is 10.8 Å². The Labute approximate surface area is 304 Å². The van der Waals surface area contributed by atoms with Crippen molar-refractivity contribution in [2.45, 2.75) is 161 Å². The van der Waals surface area contributed by atoms with Gasteiger partial charge in [0.1, 0.15) is 11.2 Å². The van der Waals surface area contributed by atoms with E-state index in [2.05, 4.69) is 119 Å². The second-order valence-corrected chi connectivity index (χ2v) is 18.5. The van der Waals surface area contributed by atoms with E-state index in [9.17, 15) is 10.5 Å². The van der Waals surface area contributed by atoms with E-state index in [0.29, 0.717) is 22.6 Å². The SMILES string of the molecule is CCC1(C)Oc2cc3c(cc2OC1(C)CC)C1(CC(C)(C)c2cc4c(cc21)OC1C(C#N)=C2C(=C(C#N)C1O4)C(C)(CC)C2(C)CC)CC3(C)C. The molecule has 0 saturated heterocycles. The van der Waals surface area contributed by atoms with Crippen LogP contribution in [0.2, 0.25) is 0 Å². The smallest absolute Gasteiger partial charge is 0.176 e. The van der Waals surface area contributed by atoms with Crippen LogP contribution >= 0.6 is 0 Å². The first-order valence-corrected chi connectivity index (χ1v) is 19.3. The minimum absolute atomic E-state index is 0.108. The number of allylic oxidation sites excluding steroid dienone is 2. The molecule has 0 amide bonds. The highest BCUT2D eigenvalue weighted by Gasteiger charge is 2.65. The van der Waals surface area contributed by atoms with E-state index in [0.717, 1.165) is 61.2 Å². The molecule has 51 heavy (non-hydrogen) atoms. The van der Waals surface area contributed by atoms with Gasteiger partial charge in [0.15, 0.2) is 35.2 Å². The van der Waals surface area contributed by atoms with Crippen LogP contribution in [0, 0.1) is 33.5 Å². The minimum Gasteiger partial charge on any atom is -0.480 e. The fourth-order valence-corrected chi connectivity index (χ4v) is 11.6. The van der Waals surface area contributed by atoms with Gasteiger partial charge in [0.05, 0.1) is 23.3 Å². The lowest BCUT2D eigenvalue weighted by Gasteiger charge is -2.63. The molecule has 6 heteroatoms. The molecule has 0 bridgehead atoms. The van der Waals surface area contributed by atoms with Crippen molar-refractivity contribution in [1.29, 1.82) is 10.5 Å². The van der Waals surface area contributed by atoms with Gasteiger partial charge in [0, 0.05) is 16.2 Å². The zero-order valence-corrected chi connectivity index (χ0v) is 32.7. The molecular formula is C45H54N2O4. The Morgan fingerprint density at radius 2 is 0.902 bits per heavy atom. The topological polar surface area (TPSA) is 84.5 Å². The summed E-state index contributed by atoms with van der Waals surface area (Å²) in [5, 5.41) is 21.4. The van der Waals surface area contributed by atoms with Crippen molar-refractivity contribution < 1.29 is 18.9 Å². The van der Waals surface area contributed by atoms with Crippen LogP contribution in [-0.2, 0) is 16.2 Å². The lowest BCUT2D eigenvalue weighted by Crippen LogP contribution is -2.59. The summed E-state index contributed by atoms with van der Waals surface area (Å²) in [6, 6.07) is 14.0. The number of benzene rings is 2. The van der Waals surface area contributed by atoms with Gasteiger partial charge in [-0.25, -0.2) is 0 Å². The average Bonchev–Trinajstić information content (AvgIpc) is 3.45. The molecule has 1 fully saturated rings. The molecular weight excluding hydrogens is 633 g/mol. The predicted octanol–water partition coefficient (Wildman–Crippen LogP) is 10.5. The lowest BCUT2D eigenvalue weighted by molar-refractivity contribution is -0.125. The summed E-state index contributed by atoms with van der Waals surface area (Å²) in [6.07, 6.45) is 4.00. The van der Waals surface area contributed by atoms with E-state index >= 15 is 0 Å². The first-order valence-electron chi connectivity index (χ1n) is 19.3. The fraction of sp³-hybridized carbons (Fsp3) is 0.600. The molecule has 4 aliphatic carbocycles. The Hall–Kier alpha value is -3.90. The van der Waals surface area contributed by atoms with Gasteiger partial charge in [-0.05, 0) is 121 Å². The number of nitriles is 2. The highest BCUT2D eigenvalue weighted by atomic mass is 16.6. The second kappa shape index (κ2) is 10.2. The third kappa shape index (κ3) is 3.88. The Morgan fingerprint density at radius 3 is 1.25 bits per heavy atom. The van der Waals surface area contributed by atoms with Crippen LogP contribution < -0.4 is 18.9 Å². The van der Waals surface area contributed by atoms with Gasteiger partial charge in [0.2, 0.25) is 0 Å². The molecule has 2 aromatic rings. The second-order valence-electron chi connectivity index (χ2n) is 18.5. The molecule has 7 atom stereocenters. The molecule has 6 nitrogen and oxygen atoms in total. The number of nitrogens with zero attached hydrogens (tertiary/aromatic N) is 2. The number of hydrogen-bond acceptors (Lipinski definition) is 6. The Morgan fingerprint density at radius 1 is 0.549 bits per heavy atom. The molecule has 7 unspecified atom stereocenters. The van der Waals surface area contributed by atoms with E-state index in [1.54, 1.807) is 0 Å². The summed E-state index contributed by atoms with van der Waals surface area (Å²) in [5.74, 6) is 2.97. The Balaban J connectivity index is 1.29. The van der Waals surface area contributed by atoms with Crippen molar-refractivity contribution in [3.8, 4) is 35.1 Å². The molecule has 2 aliphatic heterocycles. The highest BCUT2D eigenvalue weighted by molar-refractivity contribution is 5.71. The van der Waals surface area contributed by atoms with Crippen LogP contribution in [-0.4, -0.2) is 23.4 Å². The van der Waals surface area contributed by atoms with Crippen molar-refractivity contribution >= 4 is 0 Å². The number of ether oxygens (including phenoxy) is 4. The number of rotatable bonds is 4. The molecule has 2 heterocycles. The summed E-state index contributed by atoms with van der Waals surface area (Å²) in [6.45, 7) is 27.0. The largest absolute Gasteiger partial charge is 0.480 e. The maximum atomic E-state index is 10.7. The molecule has 8 rings (SSSR count). The van der Waals surface area contributed by atoms with Gasteiger partial charge in [-0.3, -0.25) is 0 Å². The van der Waals surface area contributed by atoms with Crippen molar-refractivity contribution in [3.05, 3.63) is 68.8 Å². The zero-order chi connectivity index (χ0) is 36.9. The number of hydrogen-bond donors (Lipinski definition) is 0. The predicted molar refractivity (Wildman–Crippen MR) is 199 cm³/mol. The van der Waals surface area contributed by atoms with Crippen molar-refractivity contribution in [1.82, 2.24) is 0 Å². The maximum Gasteiger partial charge on any atom is 0.176 e. The molecule has 0 aromatic heterocycles. The molecule has 2 aromatic carbocycles. The van der Waals surface area contributed by atoms with Gasteiger partial charge >= 0.3 is 0 Å². The molecule has 0 N–H and O–H groups in total. The van der Waals surface area contributed by atoms with Crippen molar-refractivity contribution in [3.63, 3.8) is 0 Å². The average molecular weight is 687 g/mol. The van der Waals surface area contributed by atoms with Crippen LogP contribution in [0.1, 0.15) is 144 Å². The van der Waals surface area contributed by atoms with Crippen LogP contribution in [0.4, 0.5) is 0 Å². The fourth-order valence-electron chi connectivity index (χ4n) is 11.6. The van der Waals surface area contributed by atoms with Gasteiger partial charge in [-0.15, -0.1) is 0 Å². The molecule has 1 saturated carbocycles. The van der Waals surface area contributed by atoms with Gasteiger partial charge in [-0.2, -0.15) is 10.5 Å². The standard InChI is InChI=1S/C45H54N2O4/c1-13-41(9)35-25(21-46)37-38(26(22-47)36(35)42(41,10)14-2)49-32-19-29-27(17-31(32)48-37)39(5,6)23-45(29)24-40(7,8)28-18-33-34(20-30(28)45)51-44(12,16-4)43(11,15-3)50-33/h17-20,37-38H,13-16,23-24H2,1-12H3. The van der Waals surface area contributed by atoms with Gasteiger partial charge in [-0.1, -0.05) is 69.2 Å². The van der Waals surface area contributed by atoms with E-state index in [1.165, 1.54) is 22.3 Å². The summed E-state index contributed by atoms with van der Waals surface area (Å²) < 4.78 is 27.6. The van der Waals surface area contributed by atoms with Gasteiger partial charge in [0.25, 0.3) is 0 Å². The van der Waals surface area contributed by atoms with Gasteiger partial charge < -0.3 is 18.9 Å². The monoisotopic (exact) mass is 686 g/mol.